The van der Waals surface area contributed by atoms with Gasteiger partial charge in [0, 0.05) is 17.2 Å². The van der Waals surface area contributed by atoms with Gasteiger partial charge in [0.05, 0.1) is 0 Å². The van der Waals surface area contributed by atoms with Gasteiger partial charge in [-0.2, -0.15) is 0 Å². The first-order valence-corrected chi connectivity index (χ1v) is 11.6. The van der Waals surface area contributed by atoms with E-state index in [1.54, 1.807) is 0 Å². The molecule has 2 aliphatic carbocycles. The van der Waals surface area contributed by atoms with Crippen LogP contribution in [0, 0.1) is 10.8 Å². The van der Waals surface area contributed by atoms with Crippen molar-refractivity contribution in [2.45, 2.75) is 110 Å². The highest BCUT2D eigenvalue weighted by atomic mass is 16.3. The van der Waals surface area contributed by atoms with E-state index in [-0.39, 0.29) is 17.2 Å². The van der Waals surface area contributed by atoms with Gasteiger partial charge in [-0.3, -0.25) is 0 Å². The van der Waals surface area contributed by atoms with Crippen LogP contribution in [0.4, 0.5) is 0 Å². The number of unbranched alkanes of at least 4 members (excludes halogenated alkanes) is 5. The van der Waals surface area contributed by atoms with Gasteiger partial charge < -0.3 is 15.3 Å². The Morgan fingerprint density at radius 1 is 0.643 bits per heavy atom. The normalized spacial score (nSPS) is 18.9. The second-order valence-electron chi connectivity index (χ2n) is 10.3. The van der Waals surface area contributed by atoms with Crippen molar-refractivity contribution in [1.82, 2.24) is 0 Å². The number of benzene rings is 1. The van der Waals surface area contributed by atoms with Gasteiger partial charge in [0.15, 0.2) is 11.5 Å². The topological polar surface area (TPSA) is 60.7 Å². The van der Waals surface area contributed by atoms with Crippen LogP contribution in [0.1, 0.15) is 108 Å². The smallest absolute Gasteiger partial charge is 0.161 e. The Balaban J connectivity index is 1.45. The van der Waals surface area contributed by atoms with E-state index in [4.69, 9.17) is 0 Å². The molecule has 2 saturated carbocycles. The molecule has 2 fully saturated rings. The molecule has 0 saturated heterocycles. The van der Waals surface area contributed by atoms with Gasteiger partial charge in [0.1, 0.15) is 5.75 Å². The molecule has 0 aromatic heterocycles. The van der Waals surface area contributed by atoms with Gasteiger partial charge >= 0.3 is 0 Å². The molecule has 0 atom stereocenters. The minimum absolute atomic E-state index is 0.0243. The molecule has 0 heterocycles. The van der Waals surface area contributed by atoms with Crippen LogP contribution in [0.15, 0.2) is 6.07 Å². The Hall–Kier alpha value is -1.38. The molecule has 0 spiro atoms. The van der Waals surface area contributed by atoms with Crippen molar-refractivity contribution in [1.29, 1.82) is 0 Å². The zero-order chi connectivity index (χ0) is 20.2. The van der Waals surface area contributed by atoms with Crippen LogP contribution in [0.2, 0.25) is 0 Å². The molecule has 158 valence electrons. The minimum Gasteiger partial charge on any atom is -0.508 e. The number of phenolic OH excluding ortho intramolecular Hbond substituents is 3. The summed E-state index contributed by atoms with van der Waals surface area (Å²) in [6.07, 6.45) is 17.8. The van der Waals surface area contributed by atoms with Crippen molar-refractivity contribution < 1.29 is 15.3 Å². The SMILES string of the molecule is CC1(CCCCCCc2c(O)c(O)cc(O)c2CCCCCC2(C)CC2)CC1. The van der Waals surface area contributed by atoms with Crippen molar-refractivity contribution in [3.05, 3.63) is 17.2 Å². The maximum absolute atomic E-state index is 10.4. The fraction of sp³-hybridized carbons (Fsp3) is 0.760. The number of hydrogen-bond donors (Lipinski definition) is 3. The molecule has 0 bridgehead atoms. The average molecular weight is 389 g/mol. The van der Waals surface area contributed by atoms with E-state index in [9.17, 15) is 15.3 Å². The van der Waals surface area contributed by atoms with E-state index in [0.717, 1.165) is 49.7 Å². The van der Waals surface area contributed by atoms with Gasteiger partial charge in [-0.15, -0.1) is 0 Å². The van der Waals surface area contributed by atoms with Gasteiger partial charge in [-0.1, -0.05) is 46.0 Å². The molecule has 3 N–H and O–H groups in total. The summed E-state index contributed by atoms with van der Waals surface area (Å²) < 4.78 is 0. The van der Waals surface area contributed by atoms with Crippen LogP contribution in [-0.2, 0) is 12.8 Å². The summed E-state index contributed by atoms with van der Waals surface area (Å²) in [4.78, 5) is 0. The molecular formula is C25H40O3. The number of hydrogen-bond acceptors (Lipinski definition) is 3. The summed E-state index contributed by atoms with van der Waals surface area (Å²) in [6.45, 7) is 4.76. The Labute approximate surface area is 171 Å². The molecule has 0 radical (unpaired) electrons. The number of rotatable bonds is 13. The third kappa shape index (κ3) is 6.06. The molecular weight excluding hydrogens is 348 g/mol. The third-order valence-electron chi connectivity index (χ3n) is 7.35. The second kappa shape index (κ2) is 8.97. The lowest BCUT2D eigenvalue weighted by atomic mass is 9.93. The minimum atomic E-state index is -0.195. The van der Waals surface area contributed by atoms with Crippen LogP contribution >= 0.6 is 0 Å². The lowest BCUT2D eigenvalue weighted by molar-refractivity contribution is 0.387. The summed E-state index contributed by atoms with van der Waals surface area (Å²) in [5, 5.41) is 30.7. The first-order valence-electron chi connectivity index (χ1n) is 11.6. The molecule has 3 rings (SSSR count). The van der Waals surface area contributed by atoms with Gasteiger partial charge in [0.2, 0.25) is 0 Å². The third-order valence-corrected chi connectivity index (χ3v) is 7.35. The number of aromatic hydroxyl groups is 3. The van der Waals surface area contributed by atoms with Crippen molar-refractivity contribution >= 4 is 0 Å². The van der Waals surface area contributed by atoms with E-state index in [1.807, 2.05) is 0 Å². The fourth-order valence-electron chi connectivity index (χ4n) is 4.45. The van der Waals surface area contributed by atoms with Crippen molar-refractivity contribution in [3.63, 3.8) is 0 Å². The van der Waals surface area contributed by atoms with E-state index >= 15 is 0 Å². The zero-order valence-corrected chi connectivity index (χ0v) is 18.0. The summed E-state index contributed by atoms with van der Waals surface area (Å²) >= 11 is 0. The van der Waals surface area contributed by atoms with Crippen molar-refractivity contribution in [2.24, 2.45) is 10.8 Å². The van der Waals surface area contributed by atoms with Crippen LogP contribution < -0.4 is 0 Å². The standard InChI is InChI=1S/C25H40O3/c1-24(14-15-24)12-8-4-3-6-11-20-19(21(26)18-22(27)23(20)28)10-7-5-9-13-25(2)16-17-25/h18,26-28H,3-17H2,1-2H3. The van der Waals surface area contributed by atoms with E-state index in [1.165, 1.54) is 63.9 Å². The maximum Gasteiger partial charge on any atom is 0.161 e. The fourth-order valence-corrected chi connectivity index (χ4v) is 4.45. The quantitative estimate of drug-likeness (QED) is 0.194. The molecule has 1 aromatic carbocycles. The Morgan fingerprint density at radius 2 is 1.11 bits per heavy atom. The first-order chi connectivity index (χ1) is 13.3. The lowest BCUT2D eigenvalue weighted by Crippen LogP contribution is -1.99. The van der Waals surface area contributed by atoms with Gasteiger partial charge in [-0.05, 0) is 75.0 Å². The predicted molar refractivity (Wildman–Crippen MR) is 115 cm³/mol. The second-order valence-corrected chi connectivity index (χ2v) is 10.3. The molecule has 1 aromatic rings. The summed E-state index contributed by atoms with van der Waals surface area (Å²) in [6, 6.07) is 1.30. The highest BCUT2D eigenvalue weighted by Crippen LogP contribution is 2.50. The molecule has 2 aliphatic rings. The van der Waals surface area contributed by atoms with Gasteiger partial charge in [-0.25, -0.2) is 0 Å². The van der Waals surface area contributed by atoms with Crippen molar-refractivity contribution in [3.8, 4) is 17.2 Å². The van der Waals surface area contributed by atoms with Crippen LogP contribution in [0.5, 0.6) is 17.2 Å². The molecule has 0 unspecified atom stereocenters. The predicted octanol–water partition coefficient (Wildman–Crippen LogP) is 7.00. The van der Waals surface area contributed by atoms with E-state index in [0.29, 0.717) is 10.8 Å². The Bertz CT molecular complexity index is 656. The average Bonchev–Trinajstić information content (AvgIpc) is 3.56. The van der Waals surface area contributed by atoms with Gasteiger partial charge in [0.25, 0.3) is 0 Å². The molecule has 0 aliphatic heterocycles. The zero-order valence-electron chi connectivity index (χ0n) is 18.0. The largest absolute Gasteiger partial charge is 0.508 e. The van der Waals surface area contributed by atoms with Crippen molar-refractivity contribution in [2.75, 3.05) is 0 Å². The Kier molecular flexibility index (Phi) is 6.83. The highest BCUT2D eigenvalue weighted by molar-refractivity contribution is 5.55. The lowest BCUT2D eigenvalue weighted by Gasteiger charge is -2.15. The summed E-state index contributed by atoms with van der Waals surface area (Å²) in [5.74, 6) is -0.0792. The van der Waals surface area contributed by atoms with Crippen LogP contribution in [0.25, 0.3) is 0 Å². The van der Waals surface area contributed by atoms with E-state index < -0.39 is 0 Å². The first kappa shape index (κ1) is 21.3. The monoisotopic (exact) mass is 388 g/mol. The van der Waals surface area contributed by atoms with Crippen LogP contribution in [0.3, 0.4) is 0 Å². The molecule has 3 heteroatoms. The molecule has 0 amide bonds. The molecule has 3 nitrogen and oxygen atoms in total. The van der Waals surface area contributed by atoms with Crippen LogP contribution in [-0.4, -0.2) is 15.3 Å². The maximum atomic E-state index is 10.4. The Morgan fingerprint density at radius 3 is 1.64 bits per heavy atom. The summed E-state index contributed by atoms with van der Waals surface area (Å²) in [7, 11) is 0. The highest BCUT2D eigenvalue weighted by Gasteiger charge is 2.36. The summed E-state index contributed by atoms with van der Waals surface area (Å²) in [5.41, 5.74) is 2.86. The molecule has 28 heavy (non-hydrogen) atoms. The van der Waals surface area contributed by atoms with E-state index in [2.05, 4.69) is 13.8 Å². The number of phenols is 3.